The van der Waals surface area contributed by atoms with E-state index >= 15 is 0 Å². The first-order valence-corrected chi connectivity index (χ1v) is 7.54. The topological polar surface area (TPSA) is 46.0 Å². The van der Waals surface area contributed by atoms with Gasteiger partial charge in [-0.2, -0.15) is 14.9 Å². The minimum absolute atomic E-state index is 0.259. The van der Waals surface area contributed by atoms with Gasteiger partial charge in [0.2, 0.25) is 4.77 Å². The van der Waals surface area contributed by atoms with Gasteiger partial charge in [0.25, 0.3) is 0 Å². The number of benzene rings is 2. The fourth-order valence-electron chi connectivity index (χ4n) is 2.12. The first-order chi connectivity index (χ1) is 11.1. The quantitative estimate of drug-likeness (QED) is 0.584. The summed E-state index contributed by atoms with van der Waals surface area (Å²) in [5.74, 6) is 0.412. The molecule has 1 aromatic heterocycles. The summed E-state index contributed by atoms with van der Waals surface area (Å²) in [7, 11) is 0. The van der Waals surface area contributed by atoms with Crippen molar-refractivity contribution in [2.75, 3.05) is 0 Å². The molecule has 0 bridgehead atoms. The van der Waals surface area contributed by atoms with E-state index in [1.807, 2.05) is 31.2 Å². The van der Waals surface area contributed by atoms with Gasteiger partial charge in [-0.05, 0) is 42.4 Å². The van der Waals surface area contributed by atoms with Crippen molar-refractivity contribution in [1.82, 2.24) is 14.9 Å². The Morgan fingerprint density at radius 3 is 2.57 bits per heavy atom. The van der Waals surface area contributed by atoms with Crippen LogP contribution >= 0.6 is 12.2 Å². The van der Waals surface area contributed by atoms with Gasteiger partial charge in [0.1, 0.15) is 5.82 Å². The third-order valence-corrected chi connectivity index (χ3v) is 3.66. The van der Waals surface area contributed by atoms with Crippen LogP contribution in [0.5, 0.6) is 0 Å². The van der Waals surface area contributed by atoms with Crippen molar-refractivity contribution in [2.24, 2.45) is 5.10 Å². The molecule has 0 aliphatic heterocycles. The summed E-state index contributed by atoms with van der Waals surface area (Å²) in [6.07, 6.45) is 2.25. The SMILES string of the molecule is Cc1ccc(/C=N\n2c(Cc3ccc(F)cc3)n[nH]c2=S)cc1. The zero-order valence-electron chi connectivity index (χ0n) is 12.5. The van der Waals surface area contributed by atoms with Crippen molar-refractivity contribution < 1.29 is 4.39 Å². The molecule has 3 rings (SSSR count). The Morgan fingerprint density at radius 1 is 1.17 bits per heavy atom. The molecule has 23 heavy (non-hydrogen) atoms. The van der Waals surface area contributed by atoms with E-state index in [0.29, 0.717) is 17.0 Å². The number of nitrogens with zero attached hydrogens (tertiary/aromatic N) is 3. The molecule has 0 saturated carbocycles. The van der Waals surface area contributed by atoms with Crippen LogP contribution in [0.1, 0.15) is 22.5 Å². The Balaban J connectivity index is 1.85. The molecular weight excluding hydrogens is 311 g/mol. The number of hydrogen-bond acceptors (Lipinski definition) is 3. The summed E-state index contributed by atoms with van der Waals surface area (Å²) in [6.45, 7) is 2.04. The summed E-state index contributed by atoms with van der Waals surface area (Å²) in [5.41, 5.74) is 3.11. The maximum absolute atomic E-state index is 13.0. The smallest absolute Gasteiger partial charge is 0.216 e. The van der Waals surface area contributed by atoms with Gasteiger partial charge >= 0.3 is 0 Å². The highest BCUT2D eigenvalue weighted by molar-refractivity contribution is 7.71. The lowest BCUT2D eigenvalue weighted by atomic mass is 10.1. The standard InChI is InChI=1S/C17H15FN4S/c1-12-2-4-14(5-3-12)11-19-22-16(20-21-17(22)23)10-13-6-8-15(18)9-7-13/h2-9,11H,10H2,1H3,(H,21,23)/b19-11-. The van der Waals surface area contributed by atoms with Crippen LogP contribution in [0, 0.1) is 17.5 Å². The molecule has 0 saturated heterocycles. The number of halogens is 1. The van der Waals surface area contributed by atoms with E-state index in [2.05, 4.69) is 15.3 Å². The highest BCUT2D eigenvalue weighted by Gasteiger charge is 2.06. The zero-order valence-corrected chi connectivity index (χ0v) is 13.3. The fourth-order valence-corrected chi connectivity index (χ4v) is 2.32. The molecule has 0 unspecified atom stereocenters. The lowest BCUT2D eigenvalue weighted by molar-refractivity contribution is 0.627. The summed E-state index contributed by atoms with van der Waals surface area (Å²) in [4.78, 5) is 0. The van der Waals surface area contributed by atoms with Crippen LogP contribution in [-0.4, -0.2) is 21.1 Å². The van der Waals surface area contributed by atoms with Crippen molar-refractivity contribution in [3.8, 4) is 0 Å². The number of nitrogens with one attached hydrogen (secondary N) is 1. The van der Waals surface area contributed by atoms with Crippen molar-refractivity contribution in [1.29, 1.82) is 0 Å². The molecule has 0 aliphatic rings. The average molecular weight is 326 g/mol. The molecule has 6 heteroatoms. The van der Waals surface area contributed by atoms with Crippen LogP contribution in [0.2, 0.25) is 0 Å². The third-order valence-electron chi connectivity index (χ3n) is 3.39. The molecule has 0 fully saturated rings. The minimum atomic E-state index is -0.259. The average Bonchev–Trinajstić information content (AvgIpc) is 2.89. The van der Waals surface area contributed by atoms with Crippen LogP contribution in [0.4, 0.5) is 4.39 Å². The molecule has 0 amide bonds. The normalized spacial score (nSPS) is 11.2. The molecule has 0 atom stereocenters. The third kappa shape index (κ3) is 3.78. The number of aryl methyl sites for hydroxylation is 1. The monoisotopic (exact) mass is 326 g/mol. The van der Waals surface area contributed by atoms with Gasteiger partial charge in [0, 0.05) is 6.42 Å². The molecule has 3 aromatic rings. The van der Waals surface area contributed by atoms with Gasteiger partial charge < -0.3 is 0 Å². The molecule has 1 heterocycles. The lowest BCUT2D eigenvalue weighted by Crippen LogP contribution is -2.00. The van der Waals surface area contributed by atoms with Crippen molar-refractivity contribution in [3.05, 3.63) is 81.6 Å². The molecule has 0 aliphatic carbocycles. The van der Waals surface area contributed by atoms with Crippen LogP contribution < -0.4 is 0 Å². The molecule has 2 aromatic carbocycles. The second-order valence-corrected chi connectivity index (χ2v) is 5.60. The number of aromatic amines is 1. The number of H-pyrrole nitrogens is 1. The Kier molecular flexibility index (Phi) is 4.43. The number of rotatable bonds is 4. The minimum Gasteiger partial charge on any atom is -0.250 e. The highest BCUT2D eigenvalue weighted by Crippen LogP contribution is 2.09. The van der Waals surface area contributed by atoms with Crippen LogP contribution in [-0.2, 0) is 6.42 Å². The second-order valence-electron chi connectivity index (χ2n) is 5.22. The summed E-state index contributed by atoms with van der Waals surface area (Å²) >= 11 is 5.22. The maximum atomic E-state index is 13.0. The van der Waals surface area contributed by atoms with Crippen LogP contribution in [0.25, 0.3) is 0 Å². The van der Waals surface area contributed by atoms with E-state index in [0.717, 1.165) is 11.1 Å². The molecule has 0 radical (unpaired) electrons. The van der Waals surface area contributed by atoms with E-state index in [-0.39, 0.29) is 5.82 Å². The summed E-state index contributed by atoms with van der Waals surface area (Å²) in [6, 6.07) is 14.3. The molecule has 0 spiro atoms. The van der Waals surface area contributed by atoms with Crippen molar-refractivity contribution >= 4 is 18.4 Å². The zero-order chi connectivity index (χ0) is 16.2. The fraction of sp³-hybridized carbons (Fsp3) is 0.118. The first kappa shape index (κ1) is 15.3. The molecule has 4 nitrogen and oxygen atoms in total. The Morgan fingerprint density at radius 2 is 1.87 bits per heavy atom. The number of aromatic nitrogens is 3. The second kappa shape index (κ2) is 6.66. The van der Waals surface area contributed by atoms with E-state index < -0.39 is 0 Å². The molecule has 1 N–H and O–H groups in total. The molecule has 116 valence electrons. The van der Waals surface area contributed by atoms with E-state index in [1.165, 1.54) is 17.7 Å². The lowest BCUT2D eigenvalue weighted by Gasteiger charge is -2.01. The van der Waals surface area contributed by atoms with Crippen LogP contribution in [0.15, 0.2) is 53.6 Å². The predicted molar refractivity (Wildman–Crippen MR) is 90.8 cm³/mol. The Hall–Kier alpha value is -2.60. The van der Waals surface area contributed by atoms with E-state index in [9.17, 15) is 4.39 Å². The Labute approximate surface area is 138 Å². The van der Waals surface area contributed by atoms with Crippen molar-refractivity contribution in [2.45, 2.75) is 13.3 Å². The van der Waals surface area contributed by atoms with Gasteiger partial charge in [-0.15, -0.1) is 0 Å². The highest BCUT2D eigenvalue weighted by atomic mass is 32.1. The van der Waals surface area contributed by atoms with Gasteiger partial charge in [0.05, 0.1) is 6.21 Å². The largest absolute Gasteiger partial charge is 0.250 e. The van der Waals surface area contributed by atoms with Crippen molar-refractivity contribution in [3.63, 3.8) is 0 Å². The van der Waals surface area contributed by atoms with Gasteiger partial charge in [-0.1, -0.05) is 42.0 Å². The summed E-state index contributed by atoms with van der Waals surface area (Å²) < 4.78 is 15.0. The predicted octanol–water partition coefficient (Wildman–Crippen LogP) is 3.86. The van der Waals surface area contributed by atoms with Gasteiger partial charge in [-0.3, -0.25) is 5.10 Å². The Bertz CT molecular complexity index is 876. The first-order valence-electron chi connectivity index (χ1n) is 7.13. The maximum Gasteiger partial charge on any atom is 0.216 e. The molecular formula is C17H15FN4S. The van der Waals surface area contributed by atoms with Gasteiger partial charge in [-0.25, -0.2) is 4.39 Å². The van der Waals surface area contributed by atoms with Crippen LogP contribution in [0.3, 0.4) is 0 Å². The number of hydrogen-bond donors (Lipinski definition) is 1. The van der Waals surface area contributed by atoms with E-state index in [1.54, 1.807) is 23.0 Å². The summed E-state index contributed by atoms with van der Waals surface area (Å²) in [5, 5.41) is 11.3. The van der Waals surface area contributed by atoms with E-state index in [4.69, 9.17) is 12.2 Å². The van der Waals surface area contributed by atoms with Gasteiger partial charge in [0.15, 0.2) is 5.82 Å².